The Morgan fingerprint density at radius 2 is 2.00 bits per heavy atom. The second-order valence-electron chi connectivity index (χ2n) is 6.71. The van der Waals surface area contributed by atoms with Gasteiger partial charge in [0.05, 0.1) is 12.1 Å². The number of nitrogens with one attached hydrogen (secondary N) is 2. The first-order valence-electron chi connectivity index (χ1n) is 9.04. The summed E-state index contributed by atoms with van der Waals surface area (Å²) in [4.78, 5) is 4.67. The monoisotopic (exact) mass is 327 g/mol. The lowest BCUT2D eigenvalue weighted by Gasteiger charge is -2.30. The van der Waals surface area contributed by atoms with Crippen molar-refractivity contribution in [1.82, 2.24) is 10.6 Å². The van der Waals surface area contributed by atoms with E-state index in [1.165, 1.54) is 31.4 Å². The van der Waals surface area contributed by atoms with Crippen LogP contribution >= 0.6 is 11.8 Å². The van der Waals surface area contributed by atoms with E-state index in [-0.39, 0.29) is 0 Å². The molecular weight excluding hydrogens is 294 g/mol. The summed E-state index contributed by atoms with van der Waals surface area (Å²) in [5, 5.41) is 18.2. The molecule has 2 aliphatic rings. The van der Waals surface area contributed by atoms with E-state index in [1.807, 2.05) is 0 Å². The highest BCUT2D eigenvalue weighted by atomic mass is 32.2. The Morgan fingerprint density at radius 1 is 1.23 bits per heavy atom. The summed E-state index contributed by atoms with van der Waals surface area (Å²) in [6.07, 6.45) is 9.18. The van der Waals surface area contributed by atoms with Crippen LogP contribution in [-0.4, -0.2) is 46.8 Å². The van der Waals surface area contributed by atoms with Crippen molar-refractivity contribution < 1.29 is 5.11 Å². The number of hydrogen-bond acceptors (Lipinski definition) is 3. The summed E-state index contributed by atoms with van der Waals surface area (Å²) in [6.45, 7) is 5.74. The highest BCUT2D eigenvalue weighted by Gasteiger charge is 2.31. The molecule has 2 saturated carbocycles. The van der Waals surface area contributed by atoms with Crippen LogP contribution in [0.2, 0.25) is 0 Å². The topological polar surface area (TPSA) is 56.7 Å². The Morgan fingerprint density at radius 3 is 2.68 bits per heavy atom. The summed E-state index contributed by atoms with van der Waals surface area (Å²) < 4.78 is 0. The molecule has 3 N–H and O–H groups in total. The number of aliphatic imine (C=N–C) groups is 1. The van der Waals surface area contributed by atoms with Gasteiger partial charge in [-0.15, -0.1) is 0 Å². The van der Waals surface area contributed by atoms with Crippen molar-refractivity contribution in [2.75, 3.05) is 18.8 Å². The van der Waals surface area contributed by atoms with Gasteiger partial charge in [-0.2, -0.15) is 11.8 Å². The highest BCUT2D eigenvalue weighted by molar-refractivity contribution is 7.99. The molecule has 0 amide bonds. The Bertz CT molecular complexity index is 354. The van der Waals surface area contributed by atoms with Gasteiger partial charge in [-0.3, -0.25) is 4.99 Å². The molecular formula is C17H33N3OS. The standard InChI is InChI=1S/C17H33N3OS/c1-3-18-16(19-13-17(21)10-5-6-11-17)20-14-8-7-9-15(12-14)22-4-2/h14-15,21H,3-13H2,1-2H3,(H2,18,19,20). The second kappa shape index (κ2) is 9.02. The highest BCUT2D eigenvalue weighted by Crippen LogP contribution is 2.30. The Labute approximate surface area is 139 Å². The molecule has 0 spiro atoms. The second-order valence-corrected chi connectivity index (χ2v) is 8.29. The fourth-order valence-corrected chi connectivity index (χ4v) is 4.77. The van der Waals surface area contributed by atoms with E-state index in [0.29, 0.717) is 12.6 Å². The van der Waals surface area contributed by atoms with Gasteiger partial charge in [0.1, 0.15) is 0 Å². The average molecular weight is 328 g/mol. The molecule has 2 aliphatic carbocycles. The first-order chi connectivity index (χ1) is 10.6. The van der Waals surface area contributed by atoms with Crippen molar-refractivity contribution in [3.05, 3.63) is 0 Å². The molecule has 2 fully saturated rings. The van der Waals surface area contributed by atoms with E-state index < -0.39 is 5.60 Å². The minimum atomic E-state index is -0.560. The maximum atomic E-state index is 10.5. The van der Waals surface area contributed by atoms with Crippen LogP contribution in [0, 0.1) is 0 Å². The SMILES string of the molecule is CCNC(=NCC1(O)CCCC1)NC1CCCC(SCC)C1. The van der Waals surface area contributed by atoms with Crippen molar-refractivity contribution in [3.63, 3.8) is 0 Å². The first-order valence-corrected chi connectivity index (χ1v) is 10.1. The van der Waals surface area contributed by atoms with Gasteiger partial charge >= 0.3 is 0 Å². The minimum absolute atomic E-state index is 0.522. The molecule has 0 heterocycles. The van der Waals surface area contributed by atoms with Gasteiger partial charge in [0.2, 0.25) is 0 Å². The van der Waals surface area contributed by atoms with Crippen LogP contribution in [0.3, 0.4) is 0 Å². The van der Waals surface area contributed by atoms with Crippen LogP contribution < -0.4 is 10.6 Å². The zero-order chi connectivity index (χ0) is 15.8. The zero-order valence-corrected chi connectivity index (χ0v) is 15.1. The Hall–Kier alpha value is -0.420. The number of hydrogen-bond donors (Lipinski definition) is 3. The Kier molecular flexibility index (Phi) is 7.35. The summed E-state index contributed by atoms with van der Waals surface area (Å²) in [7, 11) is 0. The number of guanidine groups is 1. The van der Waals surface area contributed by atoms with Crippen LogP contribution in [0.1, 0.15) is 65.2 Å². The predicted molar refractivity (Wildman–Crippen MR) is 96.7 cm³/mol. The van der Waals surface area contributed by atoms with Crippen molar-refractivity contribution in [3.8, 4) is 0 Å². The smallest absolute Gasteiger partial charge is 0.191 e. The van der Waals surface area contributed by atoms with Crippen LogP contribution in [0.4, 0.5) is 0 Å². The summed E-state index contributed by atoms with van der Waals surface area (Å²) in [6, 6.07) is 0.522. The van der Waals surface area contributed by atoms with E-state index in [0.717, 1.165) is 43.4 Å². The van der Waals surface area contributed by atoms with Crippen LogP contribution in [0.15, 0.2) is 4.99 Å². The maximum absolute atomic E-state index is 10.5. The zero-order valence-electron chi connectivity index (χ0n) is 14.2. The van der Waals surface area contributed by atoms with Gasteiger partial charge in [-0.25, -0.2) is 0 Å². The van der Waals surface area contributed by atoms with E-state index in [1.54, 1.807) is 0 Å². The molecule has 4 nitrogen and oxygen atoms in total. The van der Waals surface area contributed by atoms with Gasteiger partial charge in [-0.05, 0) is 44.8 Å². The van der Waals surface area contributed by atoms with Crippen molar-refractivity contribution >= 4 is 17.7 Å². The van der Waals surface area contributed by atoms with E-state index in [2.05, 4.69) is 41.2 Å². The fourth-order valence-electron chi connectivity index (χ4n) is 3.59. The van der Waals surface area contributed by atoms with Crippen molar-refractivity contribution in [1.29, 1.82) is 0 Å². The van der Waals surface area contributed by atoms with E-state index in [9.17, 15) is 5.11 Å². The van der Waals surface area contributed by atoms with Gasteiger partial charge < -0.3 is 15.7 Å². The summed E-state index contributed by atoms with van der Waals surface area (Å²) in [5.41, 5.74) is -0.560. The fraction of sp³-hybridized carbons (Fsp3) is 0.941. The lowest BCUT2D eigenvalue weighted by molar-refractivity contribution is 0.0574. The molecule has 0 radical (unpaired) electrons. The van der Waals surface area contributed by atoms with E-state index >= 15 is 0 Å². The molecule has 2 unspecified atom stereocenters. The maximum Gasteiger partial charge on any atom is 0.191 e. The van der Waals surface area contributed by atoms with Gasteiger partial charge in [0.25, 0.3) is 0 Å². The molecule has 0 aromatic rings. The lowest BCUT2D eigenvalue weighted by atomic mass is 9.95. The number of aliphatic hydroxyl groups is 1. The molecule has 0 saturated heterocycles. The lowest BCUT2D eigenvalue weighted by Crippen LogP contribution is -2.46. The van der Waals surface area contributed by atoms with Crippen LogP contribution in [0.25, 0.3) is 0 Å². The third kappa shape index (κ3) is 5.65. The minimum Gasteiger partial charge on any atom is -0.388 e. The van der Waals surface area contributed by atoms with Gasteiger partial charge in [0.15, 0.2) is 5.96 Å². The quantitative estimate of drug-likeness (QED) is 0.519. The normalized spacial score (nSPS) is 28.6. The molecule has 2 rings (SSSR count). The summed E-state index contributed by atoms with van der Waals surface area (Å²) in [5.74, 6) is 2.09. The molecule has 2 atom stereocenters. The largest absolute Gasteiger partial charge is 0.388 e. The van der Waals surface area contributed by atoms with Gasteiger partial charge in [-0.1, -0.05) is 26.2 Å². The molecule has 5 heteroatoms. The third-order valence-electron chi connectivity index (χ3n) is 4.78. The van der Waals surface area contributed by atoms with E-state index in [4.69, 9.17) is 0 Å². The molecule has 0 aromatic carbocycles. The summed E-state index contributed by atoms with van der Waals surface area (Å²) >= 11 is 2.09. The molecule has 0 aromatic heterocycles. The molecule has 0 aliphatic heterocycles. The van der Waals surface area contributed by atoms with Crippen molar-refractivity contribution in [2.24, 2.45) is 4.99 Å². The molecule has 0 bridgehead atoms. The number of rotatable bonds is 6. The van der Waals surface area contributed by atoms with Gasteiger partial charge in [0, 0.05) is 17.8 Å². The predicted octanol–water partition coefficient (Wildman–Crippen LogP) is 2.91. The average Bonchev–Trinajstić information content (AvgIpc) is 2.93. The van der Waals surface area contributed by atoms with Crippen LogP contribution in [-0.2, 0) is 0 Å². The van der Waals surface area contributed by atoms with Crippen LogP contribution in [0.5, 0.6) is 0 Å². The Balaban J connectivity index is 1.87. The third-order valence-corrected chi connectivity index (χ3v) is 6.01. The van der Waals surface area contributed by atoms with Crippen molar-refractivity contribution in [2.45, 2.75) is 82.1 Å². The molecule has 22 heavy (non-hydrogen) atoms. The molecule has 128 valence electrons. The number of nitrogens with zero attached hydrogens (tertiary/aromatic N) is 1. The first kappa shape index (κ1) is 17.9. The number of thioether (sulfide) groups is 1.